The molecule has 0 fully saturated rings. The van der Waals surface area contributed by atoms with Crippen molar-refractivity contribution in [2.24, 2.45) is 0 Å². The van der Waals surface area contributed by atoms with Crippen LogP contribution in [-0.2, 0) is 0 Å². The van der Waals surface area contributed by atoms with Gasteiger partial charge in [-0.15, -0.1) is 21.5 Å². The molecular weight excluding hydrogens is 373 g/mol. The van der Waals surface area contributed by atoms with Crippen LogP contribution < -0.4 is 5.32 Å². The molecule has 0 radical (unpaired) electrons. The summed E-state index contributed by atoms with van der Waals surface area (Å²) in [6.45, 7) is 0. The second-order valence-electron chi connectivity index (χ2n) is 4.38. The van der Waals surface area contributed by atoms with Crippen molar-refractivity contribution in [2.45, 2.75) is 0 Å². The third-order valence-electron chi connectivity index (χ3n) is 2.74. The molecular formula is C15H9Cl2N3OS2. The van der Waals surface area contributed by atoms with E-state index in [2.05, 4.69) is 15.5 Å². The minimum Gasteiger partial charge on any atom is -0.320 e. The van der Waals surface area contributed by atoms with E-state index in [1.807, 2.05) is 17.5 Å². The van der Waals surface area contributed by atoms with Crippen LogP contribution in [-0.4, -0.2) is 16.1 Å². The Kier molecular flexibility index (Phi) is 5.07. The molecule has 1 N–H and O–H groups in total. The number of benzene rings is 1. The van der Waals surface area contributed by atoms with E-state index in [-0.39, 0.29) is 10.9 Å². The predicted octanol–water partition coefficient (Wildman–Crippen LogP) is 5.24. The molecule has 116 valence electrons. The first-order chi connectivity index (χ1) is 11.1. The van der Waals surface area contributed by atoms with E-state index in [9.17, 15) is 4.79 Å². The molecule has 1 aromatic carbocycles. The summed E-state index contributed by atoms with van der Waals surface area (Å²) in [5, 5.41) is 14.3. The Labute approximate surface area is 150 Å². The number of nitrogens with one attached hydrogen (secondary N) is 1. The molecule has 0 spiro atoms. The lowest BCUT2D eigenvalue weighted by atomic mass is 10.3. The second-order valence-corrected chi connectivity index (χ2v) is 7.18. The van der Waals surface area contributed by atoms with Crippen LogP contribution in [0, 0.1) is 0 Å². The molecule has 3 aromatic rings. The molecule has 23 heavy (non-hydrogen) atoms. The largest absolute Gasteiger partial charge is 0.320 e. The average molecular weight is 382 g/mol. The van der Waals surface area contributed by atoms with E-state index in [0.29, 0.717) is 20.7 Å². The van der Waals surface area contributed by atoms with Crippen LogP contribution >= 0.6 is 45.9 Å². The van der Waals surface area contributed by atoms with Gasteiger partial charge in [-0.3, -0.25) is 4.79 Å². The van der Waals surface area contributed by atoms with Gasteiger partial charge in [0.05, 0.1) is 5.03 Å². The highest BCUT2D eigenvalue weighted by Gasteiger charge is 2.14. The lowest BCUT2D eigenvalue weighted by molar-refractivity contribution is 0.102. The number of anilines is 1. The van der Waals surface area contributed by atoms with Crippen LogP contribution in [0.2, 0.25) is 5.02 Å². The summed E-state index contributed by atoms with van der Waals surface area (Å²) in [7, 11) is 0. The zero-order chi connectivity index (χ0) is 16.2. The molecule has 0 saturated carbocycles. The predicted molar refractivity (Wildman–Crippen MR) is 97.4 cm³/mol. The molecule has 2 heterocycles. The maximum absolute atomic E-state index is 12.2. The van der Waals surface area contributed by atoms with Crippen LogP contribution in [0.15, 0.2) is 41.8 Å². The lowest BCUT2D eigenvalue weighted by Crippen LogP contribution is -2.11. The Morgan fingerprint density at radius 3 is 2.57 bits per heavy atom. The molecule has 1 amide bonds. The second kappa shape index (κ2) is 7.23. The van der Waals surface area contributed by atoms with Gasteiger partial charge in [0.25, 0.3) is 5.91 Å². The van der Waals surface area contributed by atoms with E-state index in [1.165, 1.54) is 0 Å². The van der Waals surface area contributed by atoms with Crippen molar-refractivity contribution in [3.05, 3.63) is 61.7 Å². The first-order valence-corrected chi connectivity index (χ1v) is 8.88. The number of thiophene rings is 1. The molecule has 2 aromatic heterocycles. The van der Waals surface area contributed by atoms with Crippen molar-refractivity contribution in [1.29, 1.82) is 0 Å². The van der Waals surface area contributed by atoms with Crippen molar-refractivity contribution in [3.8, 4) is 0 Å². The van der Waals surface area contributed by atoms with Crippen LogP contribution in [0.5, 0.6) is 0 Å². The van der Waals surface area contributed by atoms with Gasteiger partial charge in [-0.1, -0.05) is 40.6 Å². The van der Waals surface area contributed by atoms with Gasteiger partial charge in [0.15, 0.2) is 5.01 Å². The number of carbonyl (C=O) groups is 1. The molecule has 4 nitrogen and oxygen atoms in total. The number of rotatable bonds is 4. The Hall–Kier alpha value is -1.73. The highest BCUT2D eigenvalue weighted by Crippen LogP contribution is 2.27. The third kappa shape index (κ3) is 4.17. The van der Waals surface area contributed by atoms with Crippen LogP contribution in [0.25, 0.3) is 11.1 Å². The first-order valence-electron chi connectivity index (χ1n) is 6.43. The van der Waals surface area contributed by atoms with Crippen molar-refractivity contribution in [3.63, 3.8) is 0 Å². The van der Waals surface area contributed by atoms with Gasteiger partial charge < -0.3 is 5.32 Å². The fourth-order valence-electron chi connectivity index (χ4n) is 1.69. The van der Waals surface area contributed by atoms with Crippen molar-refractivity contribution >= 4 is 68.6 Å². The molecule has 0 aliphatic heterocycles. The third-order valence-corrected chi connectivity index (χ3v) is 5.16. The zero-order valence-electron chi connectivity index (χ0n) is 11.5. The van der Waals surface area contributed by atoms with E-state index in [4.69, 9.17) is 23.2 Å². The van der Waals surface area contributed by atoms with Gasteiger partial charge in [0.2, 0.25) is 5.01 Å². The lowest BCUT2D eigenvalue weighted by Gasteiger charge is -2.01. The van der Waals surface area contributed by atoms with Crippen LogP contribution in [0.3, 0.4) is 0 Å². The normalized spacial score (nSPS) is 11.5. The average Bonchev–Trinajstić information content (AvgIpc) is 3.20. The van der Waals surface area contributed by atoms with Crippen LogP contribution in [0.4, 0.5) is 5.69 Å². The van der Waals surface area contributed by atoms with Crippen molar-refractivity contribution < 1.29 is 4.79 Å². The Balaban J connectivity index is 1.73. The van der Waals surface area contributed by atoms with E-state index >= 15 is 0 Å². The Bertz CT molecular complexity index is 842. The maximum atomic E-state index is 12.2. The fraction of sp³-hybridized carbons (Fsp3) is 0. The molecule has 0 bridgehead atoms. The van der Waals surface area contributed by atoms with Gasteiger partial charge in [0, 0.05) is 15.6 Å². The minimum atomic E-state index is -0.336. The molecule has 3 rings (SSSR count). The summed E-state index contributed by atoms with van der Waals surface area (Å²) in [6, 6.07) is 10.7. The van der Waals surface area contributed by atoms with Gasteiger partial charge in [-0.25, -0.2) is 0 Å². The van der Waals surface area contributed by atoms with Crippen molar-refractivity contribution in [1.82, 2.24) is 10.2 Å². The SMILES string of the molecule is O=C(Nc1ccc(Cl)cc1)c1nnc(/C(Cl)=C/c2cccs2)s1. The van der Waals surface area contributed by atoms with Gasteiger partial charge in [0.1, 0.15) is 0 Å². The van der Waals surface area contributed by atoms with E-state index in [0.717, 1.165) is 16.2 Å². The number of aromatic nitrogens is 2. The summed E-state index contributed by atoms with van der Waals surface area (Å²) < 4.78 is 0. The monoisotopic (exact) mass is 381 g/mol. The summed E-state index contributed by atoms with van der Waals surface area (Å²) in [6.07, 6.45) is 1.80. The number of hydrogen-bond acceptors (Lipinski definition) is 5. The Morgan fingerprint density at radius 1 is 1.13 bits per heavy atom. The van der Waals surface area contributed by atoms with E-state index < -0.39 is 0 Å². The number of carbonyl (C=O) groups excluding carboxylic acids is 1. The van der Waals surface area contributed by atoms with Crippen molar-refractivity contribution in [2.75, 3.05) is 5.32 Å². The smallest absolute Gasteiger partial charge is 0.286 e. The fourth-order valence-corrected chi connectivity index (χ4v) is 3.45. The van der Waals surface area contributed by atoms with Gasteiger partial charge in [-0.05, 0) is 41.8 Å². The summed E-state index contributed by atoms with van der Waals surface area (Å²) >= 11 is 14.7. The standard InChI is InChI=1S/C15H9Cl2N3OS2/c16-9-3-5-10(6-4-9)18-13(21)15-20-19-14(23-15)12(17)8-11-2-1-7-22-11/h1-8H,(H,18,21)/b12-8-. The quantitative estimate of drug-likeness (QED) is 0.671. The summed E-state index contributed by atoms with van der Waals surface area (Å²) in [5.74, 6) is -0.336. The number of amides is 1. The number of nitrogens with zero attached hydrogens (tertiary/aromatic N) is 2. The highest BCUT2D eigenvalue weighted by molar-refractivity contribution is 7.15. The topological polar surface area (TPSA) is 54.9 Å². The first kappa shape index (κ1) is 16.1. The Morgan fingerprint density at radius 2 is 1.87 bits per heavy atom. The maximum Gasteiger partial charge on any atom is 0.286 e. The molecule has 0 unspecified atom stereocenters. The molecule has 0 aliphatic rings. The summed E-state index contributed by atoms with van der Waals surface area (Å²) in [5.41, 5.74) is 0.636. The number of halogens is 2. The molecule has 0 aliphatic carbocycles. The zero-order valence-corrected chi connectivity index (χ0v) is 14.6. The highest BCUT2D eigenvalue weighted by atomic mass is 35.5. The van der Waals surface area contributed by atoms with Gasteiger partial charge >= 0.3 is 0 Å². The van der Waals surface area contributed by atoms with Gasteiger partial charge in [-0.2, -0.15) is 0 Å². The molecule has 0 atom stereocenters. The number of hydrogen-bond donors (Lipinski definition) is 1. The minimum absolute atomic E-state index is 0.243. The summed E-state index contributed by atoms with van der Waals surface area (Å²) in [4.78, 5) is 13.2. The molecule has 8 heteroatoms. The molecule has 0 saturated heterocycles. The van der Waals surface area contributed by atoms with Crippen LogP contribution in [0.1, 0.15) is 19.7 Å². The van der Waals surface area contributed by atoms with E-state index in [1.54, 1.807) is 41.7 Å².